The highest BCUT2D eigenvalue weighted by molar-refractivity contribution is 5.45. The molecule has 2 unspecified atom stereocenters. The van der Waals surface area contributed by atoms with Gasteiger partial charge in [0.05, 0.1) is 12.4 Å². The summed E-state index contributed by atoms with van der Waals surface area (Å²) >= 11 is 0. The Morgan fingerprint density at radius 3 is 3.29 bits per heavy atom. The highest BCUT2D eigenvalue weighted by atomic mass is 16.5. The zero-order valence-electron chi connectivity index (χ0n) is 10.1. The van der Waals surface area contributed by atoms with Crippen molar-refractivity contribution in [2.75, 3.05) is 6.61 Å². The predicted octanol–water partition coefficient (Wildman–Crippen LogP) is 2.13. The Morgan fingerprint density at radius 1 is 1.71 bits per heavy atom. The summed E-state index contributed by atoms with van der Waals surface area (Å²) in [7, 11) is 0. The highest BCUT2D eigenvalue weighted by Gasteiger charge is 2.59. The first-order valence-electron chi connectivity index (χ1n) is 6.21. The summed E-state index contributed by atoms with van der Waals surface area (Å²) < 4.78 is 5.52. The number of pyridine rings is 1. The minimum atomic E-state index is -0.00213. The van der Waals surface area contributed by atoms with Crippen molar-refractivity contribution in [3.63, 3.8) is 0 Å². The Morgan fingerprint density at radius 2 is 2.53 bits per heavy atom. The first-order valence-corrected chi connectivity index (χ1v) is 6.21. The first kappa shape index (κ1) is 10.6. The van der Waals surface area contributed by atoms with Crippen molar-refractivity contribution in [2.45, 2.75) is 31.6 Å². The second kappa shape index (κ2) is 3.49. The van der Waals surface area contributed by atoms with Gasteiger partial charge in [0.2, 0.25) is 5.56 Å². The Balaban J connectivity index is 1.93. The molecule has 0 radical (unpaired) electrons. The lowest BCUT2D eigenvalue weighted by molar-refractivity contribution is 0.209. The van der Waals surface area contributed by atoms with Crippen LogP contribution < -0.4 is 5.56 Å². The molecule has 0 aliphatic heterocycles. The van der Waals surface area contributed by atoms with Crippen LogP contribution >= 0.6 is 0 Å². The maximum Gasteiger partial charge on any atom is 0.248 e. The lowest BCUT2D eigenvalue weighted by Gasteiger charge is -2.13. The van der Waals surface area contributed by atoms with Crippen molar-refractivity contribution in [2.24, 2.45) is 5.92 Å². The molecule has 1 saturated carbocycles. The highest BCUT2D eigenvalue weighted by Crippen LogP contribution is 2.63. The van der Waals surface area contributed by atoms with Gasteiger partial charge in [-0.3, -0.25) is 4.79 Å². The van der Waals surface area contributed by atoms with Gasteiger partial charge < -0.3 is 9.72 Å². The Bertz CT molecular complexity index is 531. The SMILES string of the molecule is C=C(OCC)C1CC12CCc1c[nH]c(=O)cc12. The van der Waals surface area contributed by atoms with E-state index in [9.17, 15) is 4.79 Å². The lowest BCUT2D eigenvalue weighted by atomic mass is 9.96. The number of allylic oxidation sites excluding steroid dienone is 1. The van der Waals surface area contributed by atoms with Crippen LogP contribution in [-0.4, -0.2) is 11.6 Å². The zero-order chi connectivity index (χ0) is 12.0. The van der Waals surface area contributed by atoms with Gasteiger partial charge in [-0.1, -0.05) is 6.58 Å². The number of rotatable bonds is 3. The summed E-state index contributed by atoms with van der Waals surface area (Å²) in [5, 5.41) is 0. The molecule has 3 heteroatoms. The molecular formula is C14H17NO2. The number of aromatic amines is 1. The number of H-pyrrole nitrogens is 1. The standard InChI is InChI=1S/C14H17NO2/c1-3-17-9(2)12-7-14(12)5-4-10-8-15-13(16)6-11(10)14/h6,8,12H,2-5,7H2,1H3,(H,15,16). The molecule has 1 spiro atoms. The average molecular weight is 231 g/mol. The van der Waals surface area contributed by atoms with Gasteiger partial charge in [-0.15, -0.1) is 0 Å². The molecule has 2 atom stereocenters. The molecule has 17 heavy (non-hydrogen) atoms. The molecule has 3 nitrogen and oxygen atoms in total. The fourth-order valence-corrected chi connectivity index (χ4v) is 3.25. The van der Waals surface area contributed by atoms with Crippen LogP contribution in [0.15, 0.2) is 29.4 Å². The Labute approximate surface area is 101 Å². The zero-order valence-corrected chi connectivity index (χ0v) is 10.1. The van der Waals surface area contributed by atoms with Crippen LogP contribution in [0.1, 0.15) is 30.9 Å². The molecule has 1 N–H and O–H groups in total. The van der Waals surface area contributed by atoms with Crippen molar-refractivity contribution >= 4 is 0 Å². The predicted molar refractivity (Wildman–Crippen MR) is 65.9 cm³/mol. The molecule has 0 bridgehead atoms. The first-order chi connectivity index (χ1) is 8.17. The fourth-order valence-electron chi connectivity index (χ4n) is 3.25. The van der Waals surface area contributed by atoms with Crippen LogP contribution in [0, 0.1) is 5.92 Å². The molecule has 1 aromatic heterocycles. The van der Waals surface area contributed by atoms with E-state index in [1.807, 2.05) is 13.1 Å². The molecule has 2 aliphatic carbocycles. The van der Waals surface area contributed by atoms with Gasteiger partial charge in [-0.05, 0) is 37.3 Å². The molecule has 3 rings (SSSR count). The Hall–Kier alpha value is -1.51. The van der Waals surface area contributed by atoms with Gasteiger partial charge in [-0.25, -0.2) is 0 Å². The summed E-state index contributed by atoms with van der Waals surface area (Å²) in [4.78, 5) is 14.2. The van der Waals surface area contributed by atoms with Gasteiger partial charge in [0.15, 0.2) is 0 Å². The fraction of sp³-hybridized carbons (Fsp3) is 0.500. The van der Waals surface area contributed by atoms with Crippen molar-refractivity contribution in [1.29, 1.82) is 0 Å². The van der Waals surface area contributed by atoms with Crippen LogP contribution in [-0.2, 0) is 16.6 Å². The van der Waals surface area contributed by atoms with Gasteiger partial charge in [0.25, 0.3) is 0 Å². The molecule has 2 aliphatic rings. The third kappa shape index (κ3) is 1.45. The van der Waals surface area contributed by atoms with E-state index in [-0.39, 0.29) is 11.0 Å². The molecule has 0 saturated heterocycles. The number of ether oxygens (including phenoxy) is 1. The van der Waals surface area contributed by atoms with Crippen LogP contribution in [0.4, 0.5) is 0 Å². The van der Waals surface area contributed by atoms with E-state index in [0.717, 1.165) is 25.0 Å². The van der Waals surface area contributed by atoms with Gasteiger partial charge >= 0.3 is 0 Å². The van der Waals surface area contributed by atoms with Crippen molar-refractivity contribution < 1.29 is 4.74 Å². The van der Waals surface area contributed by atoms with E-state index in [0.29, 0.717) is 12.5 Å². The van der Waals surface area contributed by atoms with Crippen LogP contribution in [0.5, 0.6) is 0 Å². The molecule has 90 valence electrons. The quantitative estimate of drug-likeness (QED) is 0.810. The van der Waals surface area contributed by atoms with Crippen LogP contribution in [0.25, 0.3) is 0 Å². The van der Waals surface area contributed by atoms with Crippen molar-refractivity contribution in [3.8, 4) is 0 Å². The summed E-state index contributed by atoms with van der Waals surface area (Å²) in [6.07, 6.45) is 5.13. The summed E-state index contributed by atoms with van der Waals surface area (Å²) in [5.74, 6) is 1.30. The van der Waals surface area contributed by atoms with E-state index < -0.39 is 0 Å². The molecule has 1 heterocycles. The maximum atomic E-state index is 11.4. The molecule has 1 aromatic rings. The minimum Gasteiger partial charge on any atom is -0.499 e. The van der Waals surface area contributed by atoms with Crippen LogP contribution in [0.2, 0.25) is 0 Å². The van der Waals surface area contributed by atoms with Gasteiger partial charge in [-0.2, -0.15) is 0 Å². The number of nitrogens with one attached hydrogen (secondary N) is 1. The summed E-state index contributed by atoms with van der Waals surface area (Å²) in [6.45, 7) is 6.67. The van der Waals surface area contributed by atoms with Gasteiger partial charge in [0, 0.05) is 23.6 Å². The van der Waals surface area contributed by atoms with E-state index in [2.05, 4.69) is 11.6 Å². The van der Waals surface area contributed by atoms with Gasteiger partial charge in [0.1, 0.15) is 0 Å². The smallest absolute Gasteiger partial charge is 0.248 e. The van der Waals surface area contributed by atoms with E-state index in [1.54, 1.807) is 6.07 Å². The summed E-state index contributed by atoms with van der Waals surface area (Å²) in [5.41, 5.74) is 2.68. The normalized spacial score (nSPS) is 29.1. The van der Waals surface area contributed by atoms with E-state index in [1.165, 1.54) is 11.1 Å². The number of hydrogen-bond acceptors (Lipinski definition) is 2. The van der Waals surface area contributed by atoms with Crippen molar-refractivity contribution in [3.05, 3.63) is 46.1 Å². The van der Waals surface area contributed by atoms with E-state index in [4.69, 9.17) is 4.74 Å². The third-order valence-corrected chi connectivity index (χ3v) is 4.18. The number of aromatic nitrogens is 1. The number of hydrogen-bond donors (Lipinski definition) is 1. The maximum absolute atomic E-state index is 11.4. The molecular weight excluding hydrogens is 214 g/mol. The number of aryl methyl sites for hydroxylation is 1. The minimum absolute atomic E-state index is 0.00213. The monoisotopic (exact) mass is 231 g/mol. The third-order valence-electron chi connectivity index (χ3n) is 4.18. The van der Waals surface area contributed by atoms with E-state index >= 15 is 0 Å². The second-order valence-corrected chi connectivity index (χ2v) is 5.05. The Kier molecular flexibility index (Phi) is 2.18. The topological polar surface area (TPSA) is 42.1 Å². The average Bonchev–Trinajstić information content (AvgIpc) is 2.93. The van der Waals surface area contributed by atoms with Crippen LogP contribution in [0.3, 0.4) is 0 Å². The van der Waals surface area contributed by atoms with Crippen molar-refractivity contribution in [1.82, 2.24) is 4.98 Å². The molecule has 0 aromatic carbocycles. The molecule has 1 fully saturated rings. The number of fused-ring (bicyclic) bond motifs is 2. The largest absolute Gasteiger partial charge is 0.499 e. The molecule has 0 amide bonds. The lowest BCUT2D eigenvalue weighted by Crippen LogP contribution is -2.12. The second-order valence-electron chi connectivity index (χ2n) is 5.05. The summed E-state index contributed by atoms with van der Waals surface area (Å²) in [6, 6.07) is 1.77.